The zero-order chi connectivity index (χ0) is 10.7. The Balaban J connectivity index is 2.13. The highest BCUT2D eigenvalue weighted by atomic mass is 79.9. The number of rotatable bonds is 3. The first-order valence-corrected chi connectivity index (χ1v) is 5.28. The summed E-state index contributed by atoms with van der Waals surface area (Å²) in [7, 11) is 0. The lowest BCUT2D eigenvalue weighted by Gasteiger charge is -2.12. The number of nitrogens with zero attached hydrogens (tertiary/aromatic N) is 3. The van der Waals surface area contributed by atoms with Crippen LogP contribution in [0, 0.1) is 0 Å². The van der Waals surface area contributed by atoms with Crippen molar-refractivity contribution >= 4 is 21.7 Å². The number of aromatic nitrogens is 4. The molecule has 6 heteroatoms. The fourth-order valence-electron chi connectivity index (χ4n) is 1.21. The fourth-order valence-corrected chi connectivity index (χ4v) is 1.54. The van der Waals surface area contributed by atoms with Gasteiger partial charge in [-0.05, 0) is 22.9 Å². The minimum Gasteiger partial charge on any atom is -0.359 e. The van der Waals surface area contributed by atoms with Crippen LogP contribution in [0.5, 0.6) is 0 Å². The number of aromatic amines is 1. The zero-order valence-corrected chi connectivity index (χ0v) is 9.69. The third kappa shape index (κ3) is 2.33. The molecule has 2 aromatic heterocycles. The molecule has 2 N–H and O–H groups in total. The van der Waals surface area contributed by atoms with Crippen LogP contribution in [0.2, 0.25) is 0 Å². The quantitative estimate of drug-likeness (QED) is 0.894. The van der Waals surface area contributed by atoms with Crippen molar-refractivity contribution < 1.29 is 0 Å². The van der Waals surface area contributed by atoms with Crippen molar-refractivity contribution in [2.45, 2.75) is 13.0 Å². The largest absolute Gasteiger partial charge is 0.359 e. The van der Waals surface area contributed by atoms with E-state index in [1.165, 1.54) is 6.33 Å². The van der Waals surface area contributed by atoms with Gasteiger partial charge in [0.15, 0.2) is 0 Å². The Labute approximate surface area is 95.5 Å². The number of halogens is 1. The minimum atomic E-state index is 0.0752. The first-order valence-electron chi connectivity index (χ1n) is 4.48. The van der Waals surface area contributed by atoms with E-state index in [0.717, 1.165) is 16.1 Å². The summed E-state index contributed by atoms with van der Waals surface area (Å²) in [5.74, 6) is 1.63. The van der Waals surface area contributed by atoms with E-state index < -0.39 is 0 Å². The number of nitrogens with one attached hydrogen (secondary N) is 2. The summed E-state index contributed by atoms with van der Waals surface area (Å²) < 4.78 is 0.836. The van der Waals surface area contributed by atoms with Gasteiger partial charge in [-0.25, -0.2) is 15.0 Å². The molecule has 0 radical (unpaired) electrons. The van der Waals surface area contributed by atoms with Crippen LogP contribution in [-0.4, -0.2) is 19.9 Å². The van der Waals surface area contributed by atoms with Crippen molar-refractivity contribution in [3.8, 4) is 0 Å². The molecule has 15 heavy (non-hydrogen) atoms. The molecule has 2 rings (SSSR count). The molecule has 0 saturated carbocycles. The maximum Gasteiger partial charge on any atom is 0.144 e. The van der Waals surface area contributed by atoms with Crippen molar-refractivity contribution in [3.05, 3.63) is 35.2 Å². The van der Waals surface area contributed by atoms with E-state index in [1.54, 1.807) is 18.6 Å². The number of imidazole rings is 1. The summed E-state index contributed by atoms with van der Waals surface area (Å²) in [6.45, 7) is 2.01. The Morgan fingerprint density at radius 2 is 2.33 bits per heavy atom. The van der Waals surface area contributed by atoms with E-state index >= 15 is 0 Å². The van der Waals surface area contributed by atoms with Gasteiger partial charge in [0.2, 0.25) is 0 Å². The Bertz CT molecular complexity index is 428. The van der Waals surface area contributed by atoms with Crippen LogP contribution < -0.4 is 5.32 Å². The van der Waals surface area contributed by atoms with Gasteiger partial charge < -0.3 is 10.3 Å². The molecule has 0 amide bonds. The van der Waals surface area contributed by atoms with Crippen LogP contribution in [0.15, 0.2) is 29.4 Å². The molecule has 2 aromatic rings. The Morgan fingerprint density at radius 3 is 3.00 bits per heavy atom. The lowest BCUT2D eigenvalue weighted by molar-refractivity contribution is 0.801. The summed E-state index contributed by atoms with van der Waals surface area (Å²) in [6.07, 6.45) is 6.72. The van der Waals surface area contributed by atoms with Gasteiger partial charge in [0, 0.05) is 18.6 Å². The third-order valence-corrected chi connectivity index (χ3v) is 2.53. The first kappa shape index (κ1) is 10.1. The molecule has 2 heterocycles. The van der Waals surface area contributed by atoms with Crippen LogP contribution in [-0.2, 0) is 0 Å². The zero-order valence-electron chi connectivity index (χ0n) is 8.11. The van der Waals surface area contributed by atoms with Gasteiger partial charge in [0.25, 0.3) is 0 Å². The van der Waals surface area contributed by atoms with Gasteiger partial charge >= 0.3 is 0 Å². The van der Waals surface area contributed by atoms with E-state index in [0.29, 0.717) is 0 Å². The molecule has 0 aliphatic carbocycles. The maximum absolute atomic E-state index is 4.17. The molecule has 0 saturated heterocycles. The van der Waals surface area contributed by atoms with Crippen molar-refractivity contribution in [2.75, 3.05) is 5.32 Å². The van der Waals surface area contributed by atoms with E-state index in [4.69, 9.17) is 0 Å². The van der Waals surface area contributed by atoms with Gasteiger partial charge in [-0.2, -0.15) is 0 Å². The van der Waals surface area contributed by atoms with Crippen LogP contribution in [0.25, 0.3) is 0 Å². The molecule has 0 fully saturated rings. The van der Waals surface area contributed by atoms with Crippen LogP contribution >= 0.6 is 15.9 Å². The standard InChI is InChI=1S/C9H10BrN5/c1-6(8-12-2-3-13-8)15-9-7(10)4-11-5-14-9/h2-6H,1H3,(H,12,13)(H,11,14,15). The molecular formula is C9H10BrN5. The van der Waals surface area contributed by atoms with Gasteiger partial charge in [0.05, 0.1) is 10.5 Å². The highest BCUT2D eigenvalue weighted by Crippen LogP contribution is 2.21. The van der Waals surface area contributed by atoms with Crippen LogP contribution in [0.1, 0.15) is 18.8 Å². The molecule has 0 aliphatic rings. The van der Waals surface area contributed by atoms with Gasteiger partial charge in [-0.3, -0.25) is 0 Å². The second kappa shape index (κ2) is 4.39. The second-order valence-electron chi connectivity index (χ2n) is 3.06. The number of hydrogen-bond acceptors (Lipinski definition) is 4. The van der Waals surface area contributed by atoms with Crippen molar-refractivity contribution in [1.82, 2.24) is 19.9 Å². The van der Waals surface area contributed by atoms with Crippen molar-refractivity contribution in [2.24, 2.45) is 0 Å². The SMILES string of the molecule is CC(Nc1ncncc1Br)c1ncc[nH]1. The Morgan fingerprint density at radius 1 is 1.47 bits per heavy atom. The monoisotopic (exact) mass is 267 g/mol. The molecule has 0 spiro atoms. The molecule has 1 unspecified atom stereocenters. The molecule has 5 nitrogen and oxygen atoms in total. The Hall–Kier alpha value is -1.43. The van der Waals surface area contributed by atoms with Crippen molar-refractivity contribution in [3.63, 3.8) is 0 Å². The fraction of sp³-hybridized carbons (Fsp3) is 0.222. The topological polar surface area (TPSA) is 66.5 Å². The van der Waals surface area contributed by atoms with Gasteiger partial charge in [0.1, 0.15) is 18.0 Å². The second-order valence-corrected chi connectivity index (χ2v) is 3.91. The van der Waals surface area contributed by atoms with Crippen molar-refractivity contribution in [1.29, 1.82) is 0 Å². The lowest BCUT2D eigenvalue weighted by atomic mass is 10.3. The van der Waals surface area contributed by atoms with Gasteiger partial charge in [-0.15, -0.1) is 0 Å². The summed E-state index contributed by atoms with van der Waals surface area (Å²) in [6, 6.07) is 0.0752. The van der Waals surface area contributed by atoms with E-state index in [1.807, 2.05) is 6.92 Å². The molecule has 0 aromatic carbocycles. The van der Waals surface area contributed by atoms with Crippen LogP contribution in [0.3, 0.4) is 0 Å². The summed E-state index contributed by atoms with van der Waals surface area (Å²) in [4.78, 5) is 15.2. The maximum atomic E-state index is 4.17. The highest BCUT2D eigenvalue weighted by Gasteiger charge is 2.09. The average molecular weight is 268 g/mol. The summed E-state index contributed by atoms with van der Waals surface area (Å²) in [5.41, 5.74) is 0. The molecule has 0 bridgehead atoms. The highest BCUT2D eigenvalue weighted by molar-refractivity contribution is 9.10. The average Bonchev–Trinajstić information content (AvgIpc) is 2.74. The summed E-state index contributed by atoms with van der Waals surface area (Å²) in [5, 5.41) is 3.22. The molecule has 1 atom stereocenters. The predicted octanol–water partition coefficient (Wildman–Crippen LogP) is 2.14. The molecule has 0 aliphatic heterocycles. The predicted molar refractivity (Wildman–Crippen MR) is 60.4 cm³/mol. The minimum absolute atomic E-state index is 0.0752. The molecular weight excluding hydrogens is 258 g/mol. The lowest BCUT2D eigenvalue weighted by Crippen LogP contribution is -2.10. The van der Waals surface area contributed by atoms with E-state index in [9.17, 15) is 0 Å². The third-order valence-electron chi connectivity index (χ3n) is 1.95. The number of anilines is 1. The van der Waals surface area contributed by atoms with Crippen LogP contribution in [0.4, 0.5) is 5.82 Å². The molecule has 78 valence electrons. The normalized spacial score (nSPS) is 12.4. The smallest absolute Gasteiger partial charge is 0.144 e. The number of hydrogen-bond donors (Lipinski definition) is 2. The Kier molecular flexibility index (Phi) is 2.96. The number of H-pyrrole nitrogens is 1. The summed E-state index contributed by atoms with van der Waals surface area (Å²) >= 11 is 3.37. The first-order chi connectivity index (χ1) is 7.27. The van der Waals surface area contributed by atoms with E-state index in [2.05, 4.69) is 41.2 Å². The van der Waals surface area contributed by atoms with E-state index in [-0.39, 0.29) is 6.04 Å². The van der Waals surface area contributed by atoms with Gasteiger partial charge in [-0.1, -0.05) is 0 Å².